The summed E-state index contributed by atoms with van der Waals surface area (Å²) in [5, 5.41) is 18.1. The number of rotatable bonds is 6. The van der Waals surface area contributed by atoms with Crippen LogP contribution in [0.15, 0.2) is 10.7 Å². The Morgan fingerprint density at radius 3 is 2.76 bits per heavy atom. The van der Waals surface area contributed by atoms with Crippen LogP contribution in [0.25, 0.3) is 0 Å². The van der Waals surface area contributed by atoms with Gasteiger partial charge in [0.1, 0.15) is 5.60 Å². The van der Waals surface area contributed by atoms with Crippen LogP contribution in [0.3, 0.4) is 0 Å². The second kappa shape index (κ2) is 5.98. The average Bonchev–Trinajstić information content (AvgIpc) is 2.61. The molecule has 0 aliphatic heterocycles. The molecule has 98 valence electrons. The Morgan fingerprint density at radius 2 is 2.24 bits per heavy atom. The smallest absolute Gasteiger partial charge is 0.106 e. The van der Waals surface area contributed by atoms with Gasteiger partial charge in [-0.05, 0) is 56.2 Å². The minimum atomic E-state index is -0.873. The van der Waals surface area contributed by atoms with Gasteiger partial charge in [-0.3, -0.25) is 4.68 Å². The van der Waals surface area contributed by atoms with E-state index in [0.717, 1.165) is 23.3 Å². The third kappa shape index (κ3) is 3.53. The third-order valence-corrected chi connectivity index (χ3v) is 3.37. The molecular formula is C12H22BrN3O. The van der Waals surface area contributed by atoms with Crippen LogP contribution in [-0.2, 0) is 5.60 Å². The van der Waals surface area contributed by atoms with Crippen LogP contribution in [0.4, 0.5) is 0 Å². The Bertz CT molecular complexity index is 361. The quantitative estimate of drug-likeness (QED) is 0.794. The molecule has 0 bridgehead atoms. The van der Waals surface area contributed by atoms with Gasteiger partial charge in [0.2, 0.25) is 0 Å². The highest BCUT2D eigenvalue weighted by Crippen LogP contribution is 2.32. The van der Waals surface area contributed by atoms with Gasteiger partial charge < -0.3 is 10.4 Å². The number of aromatic nitrogens is 2. The first kappa shape index (κ1) is 14.7. The normalized spacial score (nSPS) is 15.2. The molecule has 0 aliphatic carbocycles. The maximum Gasteiger partial charge on any atom is 0.106 e. The molecule has 1 aromatic heterocycles. The SMILES string of the molecule is CCNCCC(C)(O)c1c(Br)cnn1C(C)C. The summed E-state index contributed by atoms with van der Waals surface area (Å²) < 4.78 is 2.74. The van der Waals surface area contributed by atoms with Gasteiger partial charge in [0, 0.05) is 6.04 Å². The minimum Gasteiger partial charge on any atom is -0.384 e. The van der Waals surface area contributed by atoms with Crippen LogP contribution >= 0.6 is 15.9 Å². The van der Waals surface area contributed by atoms with Crippen molar-refractivity contribution in [3.63, 3.8) is 0 Å². The van der Waals surface area contributed by atoms with Gasteiger partial charge >= 0.3 is 0 Å². The molecule has 0 fully saturated rings. The molecule has 0 saturated heterocycles. The highest BCUT2D eigenvalue weighted by molar-refractivity contribution is 9.10. The molecule has 1 unspecified atom stereocenters. The van der Waals surface area contributed by atoms with Crippen molar-refractivity contribution in [2.24, 2.45) is 0 Å². The van der Waals surface area contributed by atoms with Crippen LogP contribution < -0.4 is 5.32 Å². The fourth-order valence-corrected chi connectivity index (χ4v) is 2.56. The van der Waals surface area contributed by atoms with E-state index in [0.29, 0.717) is 6.42 Å². The topological polar surface area (TPSA) is 50.1 Å². The largest absolute Gasteiger partial charge is 0.384 e. The zero-order valence-electron chi connectivity index (χ0n) is 11.0. The van der Waals surface area contributed by atoms with Crippen molar-refractivity contribution >= 4 is 15.9 Å². The van der Waals surface area contributed by atoms with Crippen LogP contribution in [0.1, 0.15) is 45.9 Å². The molecule has 1 rings (SSSR count). The summed E-state index contributed by atoms with van der Waals surface area (Å²) in [6.07, 6.45) is 2.41. The van der Waals surface area contributed by atoms with E-state index < -0.39 is 5.60 Å². The molecule has 0 spiro atoms. The number of hydrogen-bond donors (Lipinski definition) is 2. The van der Waals surface area contributed by atoms with E-state index >= 15 is 0 Å². The standard InChI is InChI=1S/C12H22BrN3O/c1-5-14-7-6-12(4,17)11-10(13)8-15-16(11)9(2)3/h8-9,14,17H,5-7H2,1-4H3. The number of hydrogen-bond acceptors (Lipinski definition) is 3. The summed E-state index contributed by atoms with van der Waals surface area (Å²) in [6.45, 7) is 9.72. The van der Waals surface area contributed by atoms with Gasteiger partial charge in [0.15, 0.2) is 0 Å². The van der Waals surface area contributed by atoms with Crippen LogP contribution in [0, 0.1) is 0 Å². The maximum atomic E-state index is 10.6. The predicted molar refractivity (Wildman–Crippen MR) is 73.0 cm³/mol. The van der Waals surface area contributed by atoms with E-state index in [9.17, 15) is 5.11 Å². The van der Waals surface area contributed by atoms with Crippen molar-refractivity contribution in [2.45, 2.75) is 45.8 Å². The lowest BCUT2D eigenvalue weighted by molar-refractivity contribution is 0.0368. The molecule has 4 nitrogen and oxygen atoms in total. The van der Waals surface area contributed by atoms with Gasteiger partial charge in [-0.15, -0.1) is 0 Å². The molecule has 0 amide bonds. The van der Waals surface area contributed by atoms with E-state index in [1.807, 2.05) is 11.6 Å². The van der Waals surface area contributed by atoms with Gasteiger partial charge in [-0.2, -0.15) is 5.10 Å². The maximum absolute atomic E-state index is 10.6. The number of nitrogens with zero attached hydrogens (tertiary/aromatic N) is 2. The molecule has 2 N–H and O–H groups in total. The third-order valence-electron chi connectivity index (χ3n) is 2.79. The van der Waals surface area contributed by atoms with Crippen molar-refractivity contribution in [2.75, 3.05) is 13.1 Å². The summed E-state index contributed by atoms with van der Waals surface area (Å²) >= 11 is 3.47. The van der Waals surface area contributed by atoms with Gasteiger partial charge in [-0.25, -0.2) is 0 Å². The number of halogens is 1. The first-order valence-corrected chi connectivity index (χ1v) is 6.86. The lowest BCUT2D eigenvalue weighted by Crippen LogP contribution is -2.31. The molecule has 0 radical (unpaired) electrons. The van der Waals surface area contributed by atoms with Crippen molar-refractivity contribution in [3.05, 3.63) is 16.4 Å². The van der Waals surface area contributed by atoms with E-state index in [1.54, 1.807) is 6.20 Å². The van der Waals surface area contributed by atoms with Gasteiger partial charge in [0.25, 0.3) is 0 Å². The van der Waals surface area contributed by atoms with Crippen molar-refractivity contribution in [3.8, 4) is 0 Å². The zero-order chi connectivity index (χ0) is 13.1. The van der Waals surface area contributed by atoms with E-state index in [4.69, 9.17) is 0 Å². The highest BCUT2D eigenvalue weighted by atomic mass is 79.9. The monoisotopic (exact) mass is 303 g/mol. The summed E-state index contributed by atoms with van der Waals surface area (Å²) in [5.74, 6) is 0. The van der Waals surface area contributed by atoms with Gasteiger partial charge in [0.05, 0.1) is 16.4 Å². The Balaban J connectivity index is 2.92. The second-order valence-electron chi connectivity index (χ2n) is 4.76. The summed E-state index contributed by atoms with van der Waals surface area (Å²) in [5.41, 5.74) is -0.0210. The average molecular weight is 304 g/mol. The van der Waals surface area contributed by atoms with Crippen LogP contribution in [0.2, 0.25) is 0 Å². The fraction of sp³-hybridized carbons (Fsp3) is 0.750. The van der Waals surface area contributed by atoms with Crippen molar-refractivity contribution < 1.29 is 5.11 Å². The number of nitrogens with one attached hydrogen (secondary N) is 1. The van der Waals surface area contributed by atoms with Crippen LogP contribution in [0.5, 0.6) is 0 Å². The molecule has 5 heteroatoms. The van der Waals surface area contributed by atoms with E-state index in [2.05, 4.69) is 47.1 Å². The number of aliphatic hydroxyl groups is 1. The molecule has 0 saturated carbocycles. The second-order valence-corrected chi connectivity index (χ2v) is 5.61. The lowest BCUT2D eigenvalue weighted by atomic mass is 9.97. The molecule has 17 heavy (non-hydrogen) atoms. The fourth-order valence-electron chi connectivity index (χ4n) is 1.86. The first-order valence-electron chi connectivity index (χ1n) is 6.06. The van der Waals surface area contributed by atoms with E-state index in [1.165, 1.54) is 0 Å². The molecule has 1 aromatic rings. The Labute approximate surface area is 112 Å². The predicted octanol–water partition coefficient (Wildman–Crippen LogP) is 2.43. The molecule has 0 aromatic carbocycles. The van der Waals surface area contributed by atoms with Crippen LogP contribution in [-0.4, -0.2) is 28.0 Å². The highest BCUT2D eigenvalue weighted by Gasteiger charge is 2.30. The Hall–Kier alpha value is -0.390. The van der Waals surface area contributed by atoms with Crippen molar-refractivity contribution in [1.82, 2.24) is 15.1 Å². The summed E-state index contributed by atoms with van der Waals surface area (Å²) in [7, 11) is 0. The molecule has 0 aliphatic rings. The minimum absolute atomic E-state index is 0.238. The summed E-state index contributed by atoms with van der Waals surface area (Å²) in [6, 6.07) is 0.238. The molecular weight excluding hydrogens is 282 g/mol. The Kier molecular flexibility index (Phi) is 5.16. The lowest BCUT2D eigenvalue weighted by Gasteiger charge is -2.26. The Morgan fingerprint density at radius 1 is 1.59 bits per heavy atom. The molecule has 1 heterocycles. The summed E-state index contributed by atoms with van der Waals surface area (Å²) in [4.78, 5) is 0. The first-order chi connectivity index (χ1) is 7.90. The molecule has 1 atom stereocenters. The van der Waals surface area contributed by atoms with Crippen molar-refractivity contribution in [1.29, 1.82) is 0 Å². The van der Waals surface area contributed by atoms with Gasteiger partial charge in [-0.1, -0.05) is 6.92 Å². The van der Waals surface area contributed by atoms with E-state index in [-0.39, 0.29) is 6.04 Å². The zero-order valence-corrected chi connectivity index (χ0v) is 12.6.